The molecule has 0 radical (unpaired) electrons. The second-order valence-corrected chi connectivity index (χ2v) is 6.83. The van der Waals surface area contributed by atoms with E-state index in [1.54, 1.807) is 12.4 Å². The first-order valence-corrected chi connectivity index (χ1v) is 9.13. The van der Waals surface area contributed by atoms with E-state index in [2.05, 4.69) is 15.2 Å². The maximum absolute atomic E-state index is 12.6. The first-order chi connectivity index (χ1) is 13.2. The number of nitrogens with one attached hydrogen (secondary N) is 1. The number of benzene rings is 1. The molecule has 0 bridgehead atoms. The Morgan fingerprint density at radius 1 is 1.11 bits per heavy atom. The third kappa shape index (κ3) is 3.81. The molecule has 0 aliphatic carbocycles. The highest BCUT2D eigenvalue weighted by Gasteiger charge is 2.25. The van der Waals surface area contributed by atoms with E-state index in [0.717, 1.165) is 30.8 Å². The molecule has 7 heteroatoms. The van der Waals surface area contributed by atoms with Gasteiger partial charge in [-0.05, 0) is 37.0 Å². The SMILES string of the molecule is O=C(c1ccc(=O)[nH]c1)N1CCC(Cc2nncn2-c2ccccc2)CC1. The van der Waals surface area contributed by atoms with E-state index in [1.807, 2.05) is 39.8 Å². The lowest BCUT2D eigenvalue weighted by Crippen LogP contribution is -2.39. The van der Waals surface area contributed by atoms with E-state index in [0.29, 0.717) is 24.6 Å². The van der Waals surface area contributed by atoms with Crippen LogP contribution < -0.4 is 5.56 Å². The molecule has 1 aliphatic heterocycles. The Balaban J connectivity index is 1.38. The number of rotatable bonds is 4. The van der Waals surface area contributed by atoms with Crippen molar-refractivity contribution in [1.29, 1.82) is 0 Å². The molecule has 3 aromatic rings. The Morgan fingerprint density at radius 2 is 1.89 bits per heavy atom. The number of aromatic amines is 1. The third-order valence-corrected chi connectivity index (χ3v) is 5.06. The van der Waals surface area contributed by atoms with E-state index < -0.39 is 0 Å². The molecule has 1 aliphatic rings. The molecule has 0 unspecified atom stereocenters. The molecular formula is C20H21N5O2. The first-order valence-electron chi connectivity index (χ1n) is 9.13. The van der Waals surface area contributed by atoms with Crippen LogP contribution in [-0.4, -0.2) is 43.6 Å². The molecule has 2 aromatic heterocycles. The molecule has 1 saturated heterocycles. The van der Waals surface area contributed by atoms with Gasteiger partial charge in [-0.15, -0.1) is 10.2 Å². The van der Waals surface area contributed by atoms with Crippen LogP contribution in [0.5, 0.6) is 0 Å². The lowest BCUT2D eigenvalue weighted by molar-refractivity contribution is 0.0689. The summed E-state index contributed by atoms with van der Waals surface area (Å²) in [5.41, 5.74) is 1.38. The lowest BCUT2D eigenvalue weighted by atomic mass is 9.93. The molecule has 4 rings (SSSR count). The number of H-pyrrole nitrogens is 1. The topological polar surface area (TPSA) is 83.9 Å². The van der Waals surface area contributed by atoms with Crippen molar-refractivity contribution in [1.82, 2.24) is 24.6 Å². The molecule has 27 heavy (non-hydrogen) atoms. The number of para-hydroxylation sites is 1. The maximum Gasteiger partial charge on any atom is 0.255 e. The van der Waals surface area contributed by atoms with Gasteiger partial charge in [0.05, 0.1) is 5.56 Å². The number of nitrogens with zero attached hydrogens (tertiary/aromatic N) is 4. The normalized spacial score (nSPS) is 15.0. The van der Waals surface area contributed by atoms with Crippen LogP contribution in [0.4, 0.5) is 0 Å². The molecule has 0 saturated carbocycles. The number of piperidine rings is 1. The molecule has 0 atom stereocenters. The summed E-state index contributed by atoms with van der Waals surface area (Å²) in [6.07, 6.45) is 5.93. The highest BCUT2D eigenvalue weighted by Crippen LogP contribution is 2.23. The molecule has 138 valence electrons. The van der Waals surface area contributed by atoms with Crippen LogP contribution in [0.3, 0.4) is 0 Å². The predicted octanol–water partition coefficient (Wildman–Crippen LogP) is 2.05. The number of carbonyl (C=O) groups excluding carboxylic acids is 1. The Morgan fingerprint density at radius 3 is 2.59 bits per heavy atom. The summed E-state index contributed by atoms with van der Waals surface area (Å²) in [5.74, 6) is 1.39. The molecule has 1 fully saturated rings. The Labute approximate surface area is 156 Å². The van der Waals surface area contributed by atoms with Crippen LogP contribution >= 0.6 is 0 Å². The van der Waals surface area contributed by atoms with Gasteiger partial charge >= 0.3 is 0 Å². The zero-order chi connectivity index (χ0) is 18.6. The molecule has 7 nitrogen and oxygen atoms in total. The summed E-state index contributed by atoms with van der Waals surface area (Å²) in [5, 5.41) is 8.37. The van der Waals surface area contributed by atoms with Gasteiger partial charge in [-0.3, -0.25) is 14.2 Å². The van der Waals surface area contributed by atoms with Crippen LogP contribution in [0.25, 0.3) is 5.69 Å². The maximum atomic E-state index is 12.6. The fraction of sp³-hybridized carbons (Fsp3) is 0.300. The minimum atomic E-state index is -0.201. The van der Waals surface area contributed by atoms with Crippen LogP contribution in [-0.2, 0) is 6.42 Å². The van der Waals surface area contributed by atoms with Gasteiger partial charge in [-0.2, -0.15) is 0 Å². The highest BCUT2D eigenvalue weighted by atomic mass is 16.2. The van der Waals surface area contributed by atoms with Crippen molar-refractivity contribution in [2.45, 2.75) is 19.3 Å². The van der Waals surface area contributed by atoms with E-state index in [4.69, 9.17) is 0 Å². The van der Waals surface area contributed by atoms with E-state index in [-0.39, 0.29) is 11.5 Å². The second kappa shape index (κ2) is 7.57. The fourth-order valence-corrected chi connectivity index (χ4v) is 3.53. The largest absolute Gasteiger partial charge is 0.339 e. The number of carbonyl (C=O) groups is 1. The summed E-state index contributed by atoms with van der Waals surface area (Å²) in [6, 6.07) is 13.0. The predicted molar refractivity (Wildman–Crippen MR) is 101 cm³/mol. The molecule has 1 N–H and O–H groups in total. The number of pyridine rings is 1. The van der Waals surface area contributed by atoms with Crippen molar-refractivity contribution < 1.29 is 4.79 Å². The van der Waals surface area contributed by atoms with Gasteiger partial charge in [0.2, 0.25) is 5.56 Å². The first kappa shape index (κ1) is 17.2. The van der Waals surface area contributed by atoms with Gasteiger partial charge in [-0.25, -0.2) is 0 Å². The zero-order valence-corrected chi connectivity index (χ0v) is 14.9. The van der Waals surface area contributed by atoms with Crippen molar-refractivity contribution >= 4 is 5.91 Å². The molecular weight excluding hydrogens is 342 g/mol. The quantitative estimate of drug-likeness (QED) is 0.769. The average Bonchev–Trinajstić information content (AvgIpc) is 3.17. The minimum absolute atomic E-state index is 0.0304. The van der Waals surface area contributed by atoms with E-state index >= 15 is 0 Å². The van der Waals surface area contributed by atoms with Crippen LogP contribution in [0.2, 0.25) is 0 Å². The van der Waals surface area contributed by atoms with E-state index in [1.165, 1.54) is 12.3 Å². The zero-order valence-electron chi connectivity index (χ0n) is 14.9. The Hall–Kier alpha value is -3.22. The van der Waals surface area contributed by atoms with Gasteiger partial charge < -0.3 is 9.88 Å². The van der Waals surface area contributed by atoms with Gasteiger partial charge in [0.25, 0.3) is 5.91 Å². The van der Waals surface area contributed by atoms with Gasteiger partial charge in [0.15, 0.2) is 0 Å². The monoisotopic (exact) mass is 363 g/mol. The van der Waals surface area contributed by atoms with Crippen LogP contribution in [0, 0.1) is 5.92 Å². The Bertz CT molecular complexity index is 951. The lowest BCUT2D eigenvalue weighted by Gasteiger charge is -2.32. The molecule has 1 aromatic carbocycles. The van der Waals surface area contributed by atoms with Crippen molar-refractivity contribution in [3.8, 4) is 5.69 Å². The smallest absolute Gasteiger partial charge is 0.255 e. The van der Waals surface area contributed by atoms with Crippen molar-refractivity contribution in [3.05, 3.63) is 76.7 Å². The summed E-state index contributed by atoms with van der Waals surface area (Å²) < 4.78 is 2.03. The van der Waals surface area contributed by atoms with Gasteiger partial charge in [-0.1, -0.05) is 18.2 Å². The number of hydrogen-bond acceptors (Lipinski definition) is 4. The molecule has 3 heterocycles. The van der Waals surface area contributed by atoms with Crippen molar-refractivity contribution in [3.63, 3.8) is 0 Å². The van der Waals surface area contributed by atoms with Crippen molar-refractivity contribution in [2.75, 3.05) is 13.1 Å². The Kier molecular flexibility index (Phi) is 4.82. The van der Waals surface area contributed by atoms with Gasteiger partial charge in [0, 0.05) is 37.5 Å². The summed E-state index contributed by atoms with van der Waals surface area (Å²) in [6.45, 7) is 1.42. The number of aromatic nitrogens is 4. The van der Waals surface area contributed by atoms with E-state index in [9.17, 15) is 9.59 Å². The minimum Gasteiger partial charge on any atom is -0.339 e. The third-order valence-electron chi connectivity index (χ3n) is 5.06. The molecule has 1 amide bonds. The average molecular weight is 363 g/mol. The van der Waals surface area contributed by atoms with Gasteiger partial charge in [0.1, 0.15) is 12.2 Å². The van der Waals surface area contributed by atoms with Crippen LogP contribution in [0.1, 0.15) is 29.0 Å². The van der Waals surface area contributed by atoms with Crippen LogP contribution in [0.15, 0.2) is 59.8 Å². The summed E-state index contributed by atoms with van der Waals surface area (Å²) in [4.78, 5) is 28.1. The number of hydrogen-bond donors (Lipinski definition) is 1. The number of amides is 1. The summed E-state index contributed by atoms with van der Waals surface area (Å²) >= 11 is 0. The number of likely N-dealkylation sites (tertiary alicyclic amines) is 1. The fourth-order valence-electron chi connectivity index (χ4n) is 3.53. The molecule has 0 spiro atoms. The standard InChI is InChI=1S/C20H21N5O2/c26-19-7-6-16(13-21-19)20(27)24-10-8-15(9-11-24)12-18-23-22-14-25(18)17-4-2-1-3-5-17/h1-7,13-15H,8-12H2,(H,21,26). The highest BCUT2D eigenvalue weighted by molar-refractivity contribution is 5.93. The second-order valence-electron chi connectivity index (χ2n) is 6.83. The van der Waals surface area contributed by atoms with Crippen molar-refractivity contribution in [2.24, 2.45) is 5.92 Å². The summed E-state index contributed by atoms with van der Waals surface area (Å²) in [7, 11) is 0.